The van der Waals surface area contributed by atoms with E-state index in [0.717, 1.165) is 5.56 Å². The fraction of sp³-hybridized carbons (Fsp3) is 0.368. The number of benzene rings is 1. The standard InChI is InChI=1S/C19H22N2O6/c1-10-17(18(23)21-20-10)13(9-16(22)26-2)15-8-7-14(27-15)11-3-5-12(6-4-11)19(24)25/h3-8,10,13,17-18,20-21,23H,9H2,1-2H3,(H,24,25). The number of carboxylic acids is 1. The van der Waals surface area contributed by atoms with E-state index in [1.54, 1.807) is 24.3 Å². The van der Waals surface area contributed by atoms with Gasteiger partial charge in [0.05, 0.1) is 19.1 Å². The molecule has 4 unspecified atom stereocenters. The molecule has 4 N–H and O–H groups in total. The minimum atomic E-state index is -0.996. The highest BCUT2D eigenvalue weighted by Crippen LogP contribution is 2.37. The summed E-state index contributed by atoms with van der Waals surface area (Å²) in [7, 11) is 1.32. The molecule has 8 nitrogen and oxygen atoms in total. The maximum Gasteiger partial charge on any atom is 0.335 e. The lowest BCUT2D eigenvalue weighted by atomic mass is 9.82. The first-order chi connectivity index (χ1) is 12.9. The Morgan fingerprint density at radius 3 is 2.44 bits per heavy atom. The zero-order valence-electron chi connectivity index (χ0n) is 15.0. The number of ether oxygens (including phenoxy) is 1. The monoisotopic (exact) mass is 374 g/mol. The first kappa shape index (κ1) is 19.1. The second-order valence-electron chi connectivity index (χ2n) is 6.57. The van der Waals surface area contributed by atoms with Gasteiger partial charge in [-0.15, -0.1) is 0 Å². The van der Waals surface area contributed by atoms with Crippen LogP contribution in [0.1, 0.15) is 35.4 Å². The molecule has 0 saturated carbocycles. The normalized spacial score (nSPS) is 23.1. The second kappa shape index (κ2) is 7.91. The van der Waals surface area contributed by atoms with Crippen molar-refractivity contribution in [3.63, 3.8) is 0 Å². The quantitative estimate of drug-likeness (QED) is 0.564. The summed E-state index contributed by atoms with van der Waals surface area (Å²) in [5.74, 6) is -0.967. The molecule has 8 heteroatoms. The lowest BCUT2D eigenvalue weighted by Gasteiger charge is -2.25. The number of aliphatic hydroxyl groups excluding tert-OH is 1. The largest absolute Gasteiger partial charge is 0.478 e. The number of nitrogens with one attached hydrogen (secondary N) is 2. The third-order valence-corrected chi connectivity index (χ3v) is 4.89. The molecule has 144 valence electrons. The average molecular weight is 374 g/mol. The van der Waals surface area contributed by atoms with E-state index in [9.17, 15) is 14.7 Å². The Morgan fingerprint density at radius 2 is 1.89 bits per heavy atom. The Morgan fingerprint density at radius 1 is 1.19 bits per heavy atom. The molecule has 1 aromatic heterocycles. The number of hydrogen-bond donors (Lipinski definition) is 4. The molecule has 1 aromatic carbocycles. The number of hydrogen-bond acceptors (Lipinski definition) is 7. The van der Waals surface area contributed by atoms with Gasteiger partial charge in [0.1, 0.15) is 17.7 Å². The predicted molar refractivity (Wildman–Crippen MR) is 95.7 cm³/mol. The molecular formula is C19H22N2O6. The number of methoxy groups -OCH3 is 1. The van der Waals surface area contributed by atoms with E-state index < -0.39 is 24.1 Å². The first-order valence-corrected chi connectivity index (χ1v) is 8.60. The number of carboxylic acid groups (broad SMARTS) is 1. The molecule has 0 radical (unpaired) electrons. The third kappa shape index (κ3) is 4.02. The molecule has 0 aliphatic carbocycles. The summed E-state index contributed by atoms with van der Waals surface area (Å²) in [5, 5.41) is 19.3. The van der Waals surface area contributed by atoms with Crippen molar-refractivity contribution in [1.82, 2.24) is 10.9 Å². The first-order valence-electron chi connectivity index (χ1n) is 8.60. The van der Waals surface area contributed by atoms with Gasteiger partial charge in [0, 0.05) is 23.4 Å². The number of carbonyl (C=O) groups excluding carboxylic acids is 1. The van der Waals surface area contributed by atoms with Gasteiger partial charge in [0.2, 0.25) is 0 Å². The van der Waals surface area contributed by atoms with E-state index in [2.05, 4.69) is 10.9 Å². The zero-order valence-corrected chi connectivity index (χ0v) is 15.0. The van der Waals surface area contributed by atoms with Crippen molar-refractivity contribution in [3.8, 4) is 11.3 Å². The number of aliphatic hydroxyl groups is 1. The van der Waals surface area contributed by atoms with Crippen molar-refractivity contribution in [2.24, 2.45) is 5.92 Å². The minimum absolute atomic E-state index is 0.0663. The summed E-state index contributed by atoms with van der Waals surface area (Å²) in [6.45, 7) is 1.91. The van der Waals surface area contributed by atoms with Crippen LogP contribution in [0, 0.1) is 5.92 Å². The maximum atomic E-state index is 11.9. The van der Waals surface area contributed by atoms with Gasteiger partial charge < -0.3 is 19.4 Å². The summed E-state index contributed by atoms with van der Waals surface area (Å²) in [6, 6.07) is 9.78. The van der Waals surface area contributed by atoms with Crippen LogP contribution in [0.3, 0.4) is 0 Å². The van der Waals surface area contributed by atoms with Gasteiger partial charge in [0.25, 0.3) is 0 Å². The van der Waals surface area contributed by atoms with Crippen LogP contribution in [0.2, 0.25) is 0 Å². The molecule has 1 fully saturated rings. The van der Waals surface area contributed by atoms with Gasteiger partial charge in [-0.2, -0.15) is 0 Å². The van der Waals surface area contributed by atoms with Crippen molar-refractivity contribution in [1.29, 1.82) is 0 Å². The molecule has 1 aliphatic heterocycles. The number of rotatable bonds is 6. The predicted octanol–water partition coefficient (Wildman–Crippen LogP) is 1.72. The van der Waals surface area contributed by atoms with Gasteiger partial charge >= 0.3 is 11.9 Å². The van der Waals surface area contributed by atoms with E-state index in [0.29, 0.717) is 11.5 Å². The van der Waals surface area contributed by atoms with Gasteiger partial charge in [-0.3, -0.25) is 10.2 Å². The third-order valence-electron chi connectivity index (χ3n) is 4.89. The van der Waals surface area contributed by atoms with Crippen LogP contribution in [0.4, 0.5) is 0 Å². The smallest absolute Gasteiger partial charge is 0.335 e. The second-order valence-corrected chi connectivity index (χ2v) is 6.57. The number of hydrazine groups is 1. The molecule has 1 saturated heterocycles. The lowest BCUT2D eigenvalue weighted by Crippen LogP contribution is -2.33. The Bertz CT molecular complexity index is 806. The van der Waals surface area contributed by atoms with E-state index in [4.69, 9.17) is 14.3 Å². The summed E-state index contributed by atoms with van der Waals surface area (Å²) in [5.41, 5.74) is 6.65. The van der Waals surface area contributed by atoms with Gasteiger partial charge in [0.15, 0.2) is 0 Å². The van der Waals surface area contributed by atoms with Crippen LogP contribution < -0.4 is 10.9 Å². The molecule has 27 heavy (non-hydrogen) atoms. The number of esters is 1. The van der Waals surface area contributed by atoms with E-state index in [-0.39, 0.29) is 23.9 Å². The topological polar surface area (TPSA) is 121 Å². The number of aromatic carboxylic acids is 1. The van der Waals surface area contributed by atoms with Crippen molar-refractivity contribution >= 4 is 11.9 Å². The number of furan rings is 1. The highest BCUT2D eigenvalue weighted by atomic mass is 16.5. The summed E-state index contributed by atoms with van der Waals surface area (Å²) >= 11 is 0. The molecule has 2 heterocycles. The van der Waals surface area contributed by atoms with Crippen molar-refractivity contribution in [3.05, 3.63) is 47.7 Å². The molecule has 3 rings (SSSR count). The molecule has 2 aromatic rings. The Hall–Kier alpha value is -2.68. The molecule has 1 aliphatic rings. The van der Waals surface area contributed by atoms with Crippen LogP contribution in [0.25, 0.3) is 11.3 Å². The van der Waals surface area contributed by atoms with E-state index in [1.165, 1.54) is 19.2 Å². The Kier molecular flexibility index (Phi) is 5.59. The summed E-state index contributed by atoms with van der Waals surface area (Å²) in [4.78, 5) is 22.9. The number of carbonyl (C=O) groups is 2. The van der Waals surface area contributed by atoms with Crippen LogP contribution in [-0.2, 0) is 9.53 Å². The lowest BCUT2D eigenvalue weighted by molar-refractivity contribution is -0.141. The van der Waals surface area contributed by atoms with Gasteiger partial charge in [-0.05, 0) is 31.2 Å². The van der Waals surface area contributed by atoms with Crippen molar-refractivity contribution < 1.29 is 29.0 Å². The van der Waals surface area contributed by atoms with Crippen molar-refractivity contribution in [2.45, 2.75) is 31.5 Å². The molecule has 4 atom stereocenters. The highest BCUT2D eigenvalue weighted by Gasteiger charge is 2.41. The minimum Gasteiger partial charge on any atom is -0.478 e. The molecule has 0 amide bonds. The highest BCUT2D eigenvalue weighted by molar-refractivity contribution is 5.88. The van der Waals surface area contributed by atoms with Crippen LogP contribution in [0.15, 0.2) is 40.8 Å². The molecule has 0 bridgehead atoms. The van der Waals surface area contributed by atoms with E-state index in [1.807, 2.05) is 6.92 Å². The van der Waals surface area contributed by atoms with Crippen LogP contribution in [0.5, 0.6) is 0 Å². The summed E-state index contributed by atoms with van der Waals surface area (Å²) < 4.78 is 10.8. The molecular weight excluding hydrogens is 352 g/mol. The van der Waals surface area contributed by atoms with Crippen LogP contribution in [-0.4, -0.2) is 41.5 Å². The average Bonchev–Trinajstić information content (AvgIpc) is 3.27. The van der Waals surface area contributed by atoms with E-state index >= 15 is 0 Å². The Balaban J connectivity index is 1.89. The fourth-order valence-electron chi connectivity index (χ4n) is 3.42. The van der Waals surface area contributed by atoms with Crippen molar-refractivity contribution in [2.75, 3.05) is 7.11 Å². The Labute approximate surface area is 156 Å². The van der Waals surface area contributed by atoms with Gasteiger partial charge in [-0.25, -0.2) is 10.2 Å². The maximum absolute atomic E-state index is 11.9. The van der Waals surface area contributed by atoms with Crippen LogP contribution >= 0.6 is 0 Å². The molecule has 0 spiro atoms. The SMILES string of the molecule is COC(=O)CC(c1ccc(-c2ccc(C(=O)O)cc2)o1)C1C(C)NNC1O. The fourth-order valence-corrected chi connectivity index (χ4v) is 3.42. The zero-order chi connectivity index (χ0) is 19.6. The summed E-state index contributed by atoms with van der Waals surface area (Å²) in [6.07, 6.45) is -0.769. The van der Waals surface area contributed by atoms with Gasteiger partial charge in [-0.1, -0.05) is 12.1 Å².